The van der Waals surface area contributed by atoms with Crippen LogP contribution in [0.2, 0.25) is 0 Å². The van der Waals surface area contributed by atoms with Gasteiger partial charge in [0, 0.05) is 20.2 Å². The van der Waals surface area contributed by atoms with Gasteiger partial charge in [0.25, 0.3) is 0 Å². The van der Waals surface area contributed by atoms with Crippen LogP contribution >= 0.6 is 0 Å². The summed E-state index contributed by atoms with van der Waals surface area (Å²) in [4.78, 5) is 24.0. The van der Waals surface area contributed by atoms with E-state index in [9.17, 15) is 9.59 Å². The van der Waals surface area contributed by atoms with Crippen LogP contribution in [0, 0.1) is 5.92 Å². The lowest BCUT2D eigenvalue weighted by atomic mass is 10.2. The second-order valence-corrected chi connectivity index (χ2v) is 4.34. The lowest BCUT2D eigenvalue weighted by Crippen LogP contribution is -2.48. The SMILES string of the molecule is COCCN(CC(C)C)C(=O)N[C@@H](C)C(=O)O. The summed E-state index contributed by atoms with van der Waals surface area (Å²) in [5, 5.41) is 11.1. The maximum Gasteiger partial charge on any atom is 0.325 e. The topological polar surface area (TPSA) is 78.9 Å². The molecule has 0 aromatic rings. The summed E-state index contributed by atoms with van der Waals surface area (Å²) >= 11 is 0. The van der Waals surface area contributed by atoms with Crippen LogP contribution in [-0.4, -0.2) is 54.9 Å². The molecule has 0 unspecified atom stereocenters. The Labute approximate surface area is 102 Å². The molecule has 0 bridgehead atoms. The number of nitrogens with one attached hydrogen (secondary N) is 1. The first kappa shape index (κ1) is 15.7. The maximum atomic E-state index is 11.8. The van der Waals surface area contributed by atoms with Gasteiger partial charge in [-0.15, -0.1) is 0 Å². The number of carbonyl (C=O) groups excluding carboxylic acids is 1. The molecule has 2 N–H and O–H groups in total. The van der Waals surface area contributed by atoms with E-state index in [1.807, 2.05) is 13.8 Å². The Morgan fingerprint density at radius 1 is 1.35 bits per heavy atom. The largest absolute Gasteiger partial charge is 0.480 e. The number of carbonyl (C=O) groups is 2. The highest BCUT2D eigenvalue weighted by molar-refractivity contribution is 5.82. The first-order chi connectivity index (χ1) is 7.88. The number of aliphatic carboxylic acids is 1. The number of methoxy groups -OCH3 is 1. The van der Waals surface area contributed by atoms with Crippen LogP contribution in [0.4, 0.5) is 4.79 Å². The van der Waals surface area contributed by atoms with Crippen molar-refractivity contribution in [3.8, 4) is 0 Å². The molecule has 1 atom stereocenters. The Morgan fingerprint density at radius 2 is 1.94 bits per heavy atom. The van der Waals surface area contributed by atoms with Gasteiger partial charge >= 0.3 is 12.0 Å². The summed E-state index contributed by atoms with van der Waals surface area (Å²) in [6.45, 7) is 6.88. The Hall–Kier alpha value is -1.30. The molecule has 0 fully saturated rings. The highest BCUT2D eigenvalue weighted by atomic mass is 16.5. The van der Waals surface area contributed by atoms with Crippen molar-refractivity contribution in [2.75, 3.05) is 26.8 Å². The summed E-state index contributed by atoms with van der Waals surface area (Å²) < 4.78 is 4.92. The van der Waals surface area contributed by atoms with Gasteiger partial charge in [0.05, 0.1) is 6.61 Å². The zero-order chi connectivity index (χ0) is 13.4. The number of hydrogen-bond donors (Lipinski definition) is 2. The van der Waals surface area contributed by atoms with Gasteiger partial charge in [-0.1, -0.05) is 13.8 Å². The van der Waals surface area contributed by atoms with Crippen molar-refractivity contribution < 1.29 is 19.4 Å². The van der Waals surface area contributed by atoms with Gasteiger partial charge in [-0.3, -0.25) is 4.79 Å². The van der Waals surface area contributed by atoms with E-state index in [4.69, 9.17) is 9.84 Å². The van der Waals surface area contributed by atoms with Crippen LogP contribution in [0.3, 0.4) is 0 Å². The maximum absolute atomic E-state index is 11.8. The van der Waals surface area contributed by atoms with E-state index in [-0.39, 0.29) is 6.03 Å². The summed E-state index contributed by atoms with van der Waals surface area (Å²) in [7, 11) is 1.56. The molecule has 100 valence electrons. The molecule has 0 aromatic carbocycles. The fourth-order valence-electron chi connectivity index (χ4n) is 1.26. The van der Waals surface area contributed by atoms with Crippen molar-refractivity contribution in [1.29, 1.82) is 0 Å². The number of amides is 2. The highest BCUT2D eigenvalue weighted by Crippen LogP contribution is 2.00. The van der Waals surface area contributed by atoms with E-state index < -0.39 is 12.0 Å². The third-order valence-corrected chi connectivity index (χ3v) is 2.15. The molecule has 0 radical (unpaired) electrons. The molecule has 17 heavy (non-hydrogen) atoms. The van der Waals surface area contributed by atoms with E-state index in [1.165, 1.54) is 6.92 Å². The summed E-state index contributed by atoms with van der Waals surface area (Å²) in [6.07, 6.45) is 0. The van der Waals surface area contributed by atoms with Crippen molar-refractivity contribution in [1.82, 2.24) is 10.2 Å². The number of nitrogens with zero attached hydrogens (tertiary/aromatic N) is 1. The molecule has 0 aliphatic heterocycles. The average Bonchev–Trinajstić information content (AvgIpc) is 2.23. The second-order valence-electron chi connectivity index (χ2n) is 4.34. The Balaban J connectivity index is 4.35. The Morgan fingerprint density at radius 3 is 2.35 bits per heavy atom. The zero-order valence-electron chi connectivity index (χ0n) is 10.9. The molecule has 0 spiro atoms. The quantitative estimate of drug-likeness (QED) is 0.695. The van der Waals surface area contributed by atoms with Gasteiger partial charge in [-0.05, 0) is 12.8 Å². The van der Waals surface area contributed by atoms with Crippen molar-refractivity contribution in [3.63, 3.8) is 0 Å². The predicted octanol–water partition coefficient (Wildman–Crippen LogP) is 0.773. The van der Waals surface area contributed by atoms with Crippen LogP contribution in [0.25, 0.3) is 0 Å². The number of hydrogen-bond acceptors (Lipinski definition) is 3. The zero-order valence-corrected chi connectivity index (χ0v) is 10.9. The van der Waals surface area contributed by atoms with Gasteiger partial charge < -0.3 is 20.1 Å². The van der Waals surface area contributed by atoms with Crippen LogP contribution in [0.1, 0.15) is 20.8 Å². The Bertz CT molecular complexity index is 256. The van der Waals surface area contributed by atoms with Crippen LogP contribution in [0.5, 0.6) is 0 Å². The molecule has 0 aliphatic carbocycles. The van der Waals surface area contributed by atoms with Crippen LogP contribution in [0.15, 0.2) is 0 Å². The second kappa shape index (κ2) is 7.89. The van der Waals surface area contributed by atoms with Crippen molar-refractivity contribution in [2.24, 2.45) is 5.92 Å². The average molecular weight is 246 g/mol. The molecule has 6 nitrogen and oxygen atoms in total. The van der Waals surface area contributed by atoms with Gasteiger partial charge in [0.1, 0.15) is 6.04 Å². The number of urea groups is 1. The molecule has 0 rings (SSSR count). The molecule has 0 heterocycles. The first-order valence-electron chi connectivity index (χ1n) is 5.65. The highest BCUT2D eigenvalue weighted by Gasteiger charge is 2.19. The third kappa shape index (κ3) is 6.78. The minimum Gasteiger partial charge on any atom is -0.480 e. The number of carboxylic acid groups (broad SMARTS) is 1. The van der Waals surface area contributed by atoms with Gasteiger partial charge in [-0.25, -0.2) is 4.79 Å². The molecule has 0 aromatic heterocycles. The van der Waals surface area contributed by atoms with Gasteiger partial charge in [0.15, 0.2) is 0 Å². The normalized spacial score (nSPS) is 12.3. The van der Waals surface area contributed by atoms with Crippen molar-refractivity contribution in [3.05, 3.63) is 0 Å². The van der Waals surface area contributed by atoms with E-state index in [0.29, 0.717) is 25.6 Å². The summed E-state index contributed by atoms with van der Waals surface area (Å²) in [6, 6.07) is -1.26. The smallest absolute Gasteiger partial charge is 0.325 e. The van der Waals surface area contributed by atoms with Gasteiger partial charge in [0.2, 0.25) is 0 Å². The van der Waals surface area contributed by atoms with E-state index in [0.717, 1.165) is 0 Å². The molecule has 0 aliphatic rings. The fraction of sp³-hybridized carbons (Fsp3) is 0.818. The predicted molar refractivity (Wildman–Crippen MR) is 63.9 cm³/mol. The Kier molecular flexibility index (Phi) is 7.29. The van der Waals surface area contributed by atoms with Crippen molar-refractivity contribution in [2.45, 2.75) is 26.8 Å². The van der Waals surface area contributed by atoms with E-state index in [1.54, 1.807) is 12.0 Å². The summed E-state index contributed by atoms with van der Waals surface area (Å²) in [5.74, 6) is -0.729. The third-order valence-electron chi connectivity index (χ3n) is 2.15. The lowest BCUT2D eigenvalue weighted by Gasteiger charge is -2.25. The molecule has 2 amide bonds. The number of ether oxygens (including phenoxy) is 1. The first-order valence-corrected chi connectivity index (χ1v) is 5.65. The number of carboxylic acids is 1. The monoisotopic (exact) mass is 246 g/mol. The van der Waals surface area contributed by atoms with Gasteiger partial charge in [-0.2, -0.15) is 0 Å². The summed E-state index contributed by atoms with van der Waals surface area (Å²) in [5.41, 5.74) is 0. The molecular weight excluding hydrogens is 224 g/mol. The van der Waals surface area contributed by atoms with Crippen LogP contribution < -0.4 is 5.32 Å². The minimum absolute atomic E-state index is 0.317. The van der Waals surface area contributed by atoms with E-state index in [2.05, 4.69) is 5.32 Å². The molecule has 6 heteroatoms. The fourth-order valence-corrected chi connectivity index (χ4v) is 1.26. The minimum atomic E-state index is -1.05. The standard InChI is InChI=1S/C11H22N2O4/c1-8(2)7-13(5-6-17-4)11(16)12-9(3)10(14)15/h8-9H,5-7H2,1-4H3,(H,12,16)(H,14,15)/t9-/m0/s1. The van der Waals surface area contributed by atoms with Crippen LogP contribution in [-0.2, 0) is 9.53 Å². The molecule has 0 saturated heterocycles. The van der Waals surface area contributed by atoms with Crippen molar-refractivity contribution >= 4 is 12.0 Å². The number of rotatable bonds is 7. The lowest BCUT2D eigenvalue weighted by molar-refractivity contribution is -0.138. The molecule has 0 saturated carbocycles. The van der Waals surface area contributed by atoms with E-state index >= 15 is 0 Å². The molecular formula is C11H22N2O4.